The van der Waals surface area contributed by atoms with Gasteiger partial charge in [0.1, 0.15) is 25.3 Å². The van der Waals surface area contributed by atoms with E-state index in [2.05, 4.69) is 21.3 Å². The molecular weight excluding hydrogens is 681 g/mol. The van der Waals surface area contributed by atoms with E-state index >= 15 is 0 Å². The molecule has 4 N–H and O–H groups in total. The van der Waals surface area contributed by atoms with Crippen LogP contribution in [-0.4, -0.2) is 49.2 Å². The Morgan fingerprint density at radius 3 is 1.04 bits per heavy atom. The lowest BCUT2D eigenvalue weighted by Gasteiger charge is -2.19. The van der Waals surface area contributed by atoms with Crippen LogP contribution in [-0.2, 0) is 45.1 Å². The van der Waals surface area contributed by atoms with Crippen LogP contribution < -0.4 is 21.3 Å². The van der Waals surface area contributed by atoms with Crippen LogP contribution in [0.25, 0.3) is 0 Å². The number of amides is 4. The highest BCUT2D eigenvalue weighted by Gasteiger charge is 2.23. The molecule has 0 bridgehead atoms. The summed E-state index contributed by atoms with van der Waals surface area (Å²) < 4.78 is 10.7. The maximum atomic E-state index is 13.1. The Labute approximate surface area is 319 Å². The van der Waals surface area contributed by atoms with E-state index in [1.54, 1.807) is 0 Å². The largest absolute Gasteiger partial charge is 0.445 e. The summed E-state index contributed by atoms with van der Waals surface area (Å²) in [5, 5.41) is 11.5. The normalized spacial score (nSPS) is 11.8. The molecule has 2 atom stereocenters. The van der Waals surface area contributed by atoms with Crippen LogP contribution in [0.4, 0.5) is 9.59 Å². The van der Waals surface area contributed by atoms with Crippen LogP contribution >= 0.6 is 0 Å². The third-order valence-corrected chi connectivity index (χ3v) is 8.91. The molecule has 4 aromatic rings. The van der Waals surface area contributed by atoms with Gasteiger partial charge < -0.3 is 30.7 Å². The molecule has 0 aliphatic carbocycles. The van der Waals surface area contributed by atoms with Gasteiger partial charge in [-0.1, -0.05) is 160 Å². The number of carbonyl (C=O) groups is 4. The van der Waals surface area contributed by atoms with Crippen molar-refractivity contribution in [2.75, 3.05) is 13.1 Å². The Morgan fingerprint density at radius 2 is 0.704 bits per heavy atom. The zero-order valence-electron chi connectivity index (χ0n) is 31.1. The number of benzene rings is 4. The molecule has 54 heavy (non-hydrogen) atoms. The quantitative estimate of drug-likeness (QED) is 0.0587. The number of hydrogen-bond donors (Lipinski definition) is 4. The molecule has 0 fully saturated rings. The Kier molecular flexibility index (Phi) is 18.7. The molecule has 4 amide bonds. The van der Waals surface area contributed by atoms with E-state index < -0.39 is 24.3 Å². The third kappa shape index (κ3) is 16.8. The smallest absolute Gasteiger partial charge is 0.408 e. The number of unbranched alkanes of at least 4 members (excludes halogenated alkanes) is 7. The van der Waals surface area contributed by atoms with Crippen LogP contribution in [0.1, 0.15) is 73.6 Å². The number of carbonyl (C=O) groups excluding carboxylic acids is 4. The van der Waals surface area contributed by atoms with Crippen molar-refractivity contribution in [2.45, 2.75) is 89.5 Å². The average Bonchev–Trinajstić information content (AvgIpc) is 3.20. The molecule has 0 radical (unpaired) electrons. The molecule has 286 valence electrons. The first-order valence-electron chi connectivity index (χ1n) is 19.0. The lowest BCUT2D eigenvalue weighted by atomic mass is 10.0. The predicted octanol–water partition coefficient (Wildman–Crippen LogP) is 7.42. The monoisotopic (exact) mass is 734 g/mol. The first-order valence-corrected chi connectivity index (χ1v) is 19.0. The molecule has 0 saturated heterocycles. The molecule has 10 heteroatoms. The maximum absolute atomic E-state index is 13.1. The fourth-order valence-corrected chi connectivity index (χ4v) is 5.91. The van der Waals surface area contributed by atoms with Crippen molar-refractivity contribution >= 4 is 24.0 Å². The zero-order valence-corrected chi connectivity index (χ0v) is 31.1. The molecule has 0 spiro atoms. The van der Waals surface area contributed by atoms with Crippen molar-refractivity contribution in [1.29, 1.82) is 0 Å². The minimum Gasteiger partial charge on any atom is -0.445 e. The second-order valence-electron chi connectivity index (χ2n) is 13.3. The van der Waals surface area contributed by atoms with E-state index in [1.807, 2.05) is 121 Å². The lowest BCUT2D eigenvalue weighted by molar-refractivity contribution is -0.123. The molecule has 4 aromatic carbocycles. The van der Waals surface area contributed by atoms with Crippen LogP contribution in [0.3, 0.4) is 0 Å². The minimum atomic E-state index is -0.743. The van der Waals surface area contributed by atoms with Crippen LogP contribution in [0.2, 0.25) is 0 Å². The van der Waals surface area contributed by atoms with Crippen molar-refractivity contribution < 1.29 is 28.7 Å². The second kappa shape index (κ2) is 24.6. The van der Waals surface area contributed by atoms with Gasteiger partial charge in [-0.2, -0.15) is 0 Å². The Hall–Kier alpha value is -5.64. The summed E-state index contributed by atoms with van der Waals surface area (Å²) >= 11 is 0. The fraction of sp³-hybridized carbons (Fsp3) is 0.364. The molecule has 0 aliphatic heterocycles. The van der Waals surface area contributed by atoms with Gasteiger partial charge in [0, 0.05) is 25.9 Å². The molecule has 0 heterocycles. The molecule has 2 unspecified atom stereocenters. The summed E-state index contributed by atoms with van der Waals surface area (Å²) in [4.78, 5) is 51.2. The van der Waals surface area contributed by atoms with Crippen LogP contribution in [0, 0.1) is 0 Å². The van der Waals surface area contributed by atoms with Crippen LogP contribution in [0.15, 0.2) is 121 Å². The summed E-state index contributed by atoms with van der Waals surface area (Å²) in [6, 6.07) is 36.6. The summed E-state index contributed by atoms with van der Waals surface area (Å²) in [5.41, 5.74) is 3.64. The van der Waals surface area contributed by atoms with E-state index in [0.29, 0.717) is 25.9 Å². The molecule has 0 aliphatic rings. The highest BCUT2D eigenvalue weighted by atomic mass is 16.6. The van der Waals surface area contributed by atoms with Gasteiger partial charge in [-0.25, -0.2) is 9.59 Å². The van der Waals surface area contributed by atoms with Gasteiger partial charge in [-0.3, -0.25) is 9.59 Å². The molecular formula is C44H54N4O6. The van der Waals surface area contributed by atoms with E-state index in [0.717, 1.165) is 73.6 Å². The summed E-state index contributed by atoms with van der Waals surface area (Å²) in [7, 11) is 0. The average molecular weight is 735 g/mol. The standard InChI is InChI=1S/C44H54N4O6/c49-41(39(31-35-21-11-7-12-22-35)47-43(51)53-33-37-25-15-9-16-26-37)45-29-19-5-3-1-2-4-6-20-30-46-42(50)40(32-36-23-13-8-14-24-36)48-44(52)54-34-38-27-17-10-18-28-38/h7-18,21-28,39-40H,1-6,19-20,29-34H2,(H,45,49)(H,46,50)(H,47,51)(H,48,52). The second-order valence-corrected chi connectivity index (χ2v) is 13.3. The number of hydrogen-bond acceptors (Lipinski definition) is 6. The Balaban J connectivity index is 1.06. The summed E-state index contributed by atoms with van der Waals surface area (Å²) in [6.45, 7) is 1.34. The van der Waals surface area contributed by atoms with Gasteiger partial charge in [-0.05, 0) is 35.1 Å². The van der Waals surface area contributed by atoms with Gasteiger partial charge in [0.05, 0.1) is 0 Å². The maximum Gasteiger partial charge on any atom is 0.408 e. The van der Waals surface area contributed by atoms with Gasteiger partial charge in [-0.15, -0.1) is 0 Å². The zero-order chi connectivity index (χ0) is 38.1. The number of alkyl carbamates (subject to hydrolysis) is 2. The van der Waals surface area contributed by atoms with Crippen molar-refractivity contribution in [1.82, 2.24) is 21.3 Å². The highest BCUT2D eigenvalue weighted by Crippen LogP contribution is 2.10. The third-order valence-electron chi connectivity index (χ3n) is 8.91. The van der Waals surface area contributed by atoms with E-state index in [9.17, 15) is 19.2 Å². The van der Waals surface area contributed by atoms with E-state index in [4.69, 9.17) is 9.47 Å². The summed E-state index contributed by atoms with van der Waals surface area (Å²) in [6.07, 6.45) is 7.51. The number of nitrogens with one attached hydrogen (secondary N) is 4. The Bertz CT molecular complexity index is 1530. The number of rotatable bonds is 23. The summed E-state index contributed by atoms with van der Waals surface area (Å²) in [5.74, 6) is -0.458. The van der Waals surface area contributed by atoms with Crippen molar-refractivity contribution in [3.8, 4) is 0 Å². The van der Waals surface area contributed by atoms with Gasteiger partial charge in [0.2, 0.25) is 11.8 Å². The Morgan fingerprint density at radius 1 is 0.407 bits per heavy atom. The first kappa shape index (κ1) is 41.1. The molecule has 10 nitrogen and oxygen atoms in total. The molecule has 0 saturated carbocycles. The van der Waals surface area contributed by atoms with Crippen molar-refractivity contribution in [2.24, 2.45) is 0 Å². The van der Waals surface area contributed by atoms with Gasteiger partial charge >= 0.3 is 12.2 Å². The highest BCUT2D eigenvalue weighted by molar-refractivity contribution is 5.86. The molecule has 0 aromatic heterocycles. The molecule has 4 rings (SSSR count). The van der Waals surface area contributed by atoms with Gasteiger partial charge in [0.15, 0.2) is 0 Å². The lowest BCUT2D eigenvalue weighted by Crippen LogP contribution is -2.48. The van der Waals surface area contributed by atoms with Gasteiger partial charge in [0.25, 0.3) is 0 Å². The van der Waals surface area contributed by atoms with Crippen molar-refractivity contribution in [3.05, 3.63) is 144 Å². The topological polar surface area (TPSA) is 135 Å². The van der Waals surface area contributed by atoms with Crippen molar-refractivity contribution in [3.63, 3.8) is 0 Å². The minimum absolute atomic E-state index is 0.131. The van der Waals surface area contributed by atoms with Crippen LogP contribution in [0.5, 0.6) is 0 Å². The fourth-order valence-electron chi connectivity index (χ4n) is 5.91. The first-order chi connectivity index (χ1) is 26.5. The number of ether oxygens (including phenoxy) is 2. The van der Waals surface area contributed by atoms with E-state index in [-0.39, 0.29) is 25.0 Å². The predicted molar refractivity (Wildman–Crippen MR) is 210 cm³/mol. The SMILES string of the molecule is O=C(NC(Cc1ccccc1)C(=O)NCCCCCCCCCCNC(=O)C(Cc1ccccc1)NC(=O)OCc1ccccc1)OCc1ccccc1. The van der Waals surface area contributed by atoms with E-state index in [1.165, 1.54) is 0 Å².